The standard InChI is InChI=1S/C24H29N7O/c1-24(2,3)18-4-6-19(7-5-18)27-23(32)31-16-14-30(15-17-31)22-9-8-21(28-29-22)26-20-10-12-25-13-11-20/h4-13H,14-17H2,1-3H3,(H,27,32)(H,25,26,28). The highest BCUT2D eigenvalue weighted by Crippen LogP contribution is 2.24. The van der Waals surface area contributed by atoms with Gasteiger partial charge in [0.15, 0.2) is 11.6 Å². The van der Waals surface area contributed by atoms with Crippen LogP contribution in [-0.2, 0) is 5.41 Å². The van der Waals surface area contributed by atoms with E-state index in [4.69, 9.17) is 0 Å². The average molecular weight is 432 g/mol. The molecule has 0 saturated carbocycles. The Kier molecular flexibility index (Phi) is 6.20. The van der Waals surface area contributed by atoms with Crippen LogP contribution in [0.25, 0.3) is 0 Å². The summed E-state index contributed by atoms with van der Waals surface area (Å²) in [5.41, 5.74) is 3.06. The van der Waals surface area contributed by atoms with Crippen LogP contribution in [0.2, 0.25) is 0 Å². The van der Waals surface area contributed by atoms with Gasteiger partial charge < -0.3 is 20.4 Å². The van der Waals surface area contributed by atoms with Crippen molar-refractivity contribution < 1.29 is 4.79 Å². The lowest BCUT2D eigenvalue weighted by Gasteiger charge is -2.35. The number of carbonyl (C=O) groups excluding carboxylic acids is 1. The first-order valence-corrected chi connectivity index (χ1v) is 10.8. The number of anilines is 4. The van der Waals surface area contributed by atoms with Gasteiger partial charge in [0.25, 0.3) is 0 Å². The van der Waals surface area contributed by atoms with E-state index < -0.39 is 0 Å². The average Bonchev–Trinajstić information content (AvgIpc) is 2.80. The second-order valence-corrected chi connectivity index (χ2v) is 8.87. The second-order valence-electron chi connectivity index (χ2n) is 8.87. The topological polar surface area (TPSA) is 86.3 Å². The van der Waals surface area contributed by atoms with Gasteiger partial charge in [0.05, 0.1) is 0 Å². The highest BCUT2D eigenvalue weighted by Gasteiger charge is 2.22. The molecule has 0 bridgehead atoms. The van der Waals surface area contributed by atoms with Crippen molar-refractivity contribution in [1.82, 2.24) is 20.1 Å². The lowest BCUT2D eigenvalue weighted by molar-refractivity contribution is 0.208. The van der Waals surface area contributed by atoms with Crippen molar-refractivity contribution in [3.05, 3.63) is 66.5 Å². The smallest absolute Gasteiger partial charge is 0.321 e. The van der Waals surface area contributed by atoms with Crippen LogP contribution in [0.5, 0.6) is 0 Å². The molecule has 2 amide bonds. The first kappa shape index (κ1) is 21.5. The van der Waals surface area contributed by atoms with E-state index in [1.54, 1.807) is 12.4 Å². The summed E-state index contributed by atoms with van der Waals surface area (Å²) >= 11 is 0. The monoisotopic (exact) mass is 431 g/mol. The van der Waals surface area contributed by atoms with Gasteiger partial charge in [-0.3, -0.25) is 4.98 Å². The molecule has 2 N–H and O–H groups in total. The van der Waals surface area contributed by atoms with Crippen molar-refractivity contribution in [3.8, 4) is 0 Å². The number of urea groups is 1. The van der Waals surface area contributed by atoms with Crippen LogP contribution in [0.1, 0.15) is 26.3 Å². The molecule has 1 saturated heterocycles. The first-order valence-electron chi connectivity index (χ1n) is 10.8. The van der Waals surface area contributed by atoms with Crippen LogP contribution >= 0.6 is 0 Å². The maximum atomic E-state index is 12.7. The molecule has 32 heavy (non-hydrogen) atoms. The molecule has 8 heteroatoms. The Bertz CT molecular complexity index is 1020. The number of nitrogens with zero attached hydrogens (tertiary/aromatic N) is 5. The van der Waals surface area contributed by atoms with Crippen LogP contribution in [0.15, 0.2) is 60.9 Å². The maximum absolute atomic E-state index is 12.7. The molecule has 4 rings (SSSR count). The predicted octanol–water partition coefficient (Wildman–Crippen LogP) is 4.27. The van der Waals surface area contributed by atoms with Gasteiger partial charge in [-0.15, -0.1) is 10.2 Å². The van der Waals surface area contributed by atoms with Gasteiger partial charge in [0.2, 0.25) is 0 Å². The molecule has 0 spiro atoms. The summed E-state index contributed by atoms with van der Waals surface area (Å²) in [6, 6.07) is 15.6. The molecule has 1 aliphatic rings. The molecule has 0 aliphatic carbocycles. The van der Waals surface area contributed by atoms with Crippen molar-refractivity contribution in [3.63, 3.8) is 0 Å². The first-order chi connectivity index (χ1) is 15.4. The predicted molar refractivity (Wildman–Crippen MR) is 127 cm³/mol. The molecular weight excluding hydrogens is 402 g/mol. The molecule has 3 heterocycles. The van der Waals surface area contributed by atoms with Gasteiger partial charge in [-0.05, 0) is 47.4 Å². The van der Waals surface area contributed by atoms with E-state index in [0.717, 1.165) is 17.2 Å². The zero-order valence-corrected chi connectivity index (χ0v) is 18.7. The van der Waals surface area contributed by atoms with E-state index in [9.17, 15) is 4.79 Å². The molecule has 0 unspecified atom stereocenters. The van der Waals surface area contributed by atoms with Crippen LogP contribution < -0.4 is 15.5 Å². The number of carbonyl (C=O) groups is 1. The maximum Gasteiger partial charge on any atom is 0.321 e. The van der Waals surface area contributed by atoms with E-state index in [1.165, 1.54) is 5.56 Å². The summed E-state index contributed by atoms with van der Waals surface area (Å²) < 4.78 is 0. The Hall–Kier alpha value is -3.68. The van der Waals surface area contributed by atoms with E-state index in [1.807, 2.05) is 41.3 Å². The summed E-state index contributed by atoms with van der Waals surface area (Å²) in [7, 11) is 0. The Morgan fingerprint density at radius 1 is 0.844 bits per heavy atom. The molecule has 0 atom stereocenters. The van der Waals surface area contributed by atoms with Crippen LogP contribution in [0, 0.1) is 0 Å². The number of hydrogen-bond acceptors (Lipinski definition) is 6. The van der Waals surface area contributed by atoms with E-state index >= 15 is 0 Å². The van der Waals surface area contributed by atoms with Crippen molar-refractivity contribution in [2.75, 3.05) is 41.7 Å². The fraction of sp³-hybridized carbons (Fsp3) is 0.333. The Morgan fingerprint density at radius 2 is 1.53 bits per heavy atom. The number of nitrogens with one attached hydrogen (secondary N) is 2. The van der Waals surface area contributed by atoms with Crippen molar-refractivity contribution in [1.29, 1.82) is 0 Å². The second kappa shape index (κ2) is 9.21. The minimum atomic E-state index is -0.0730. The number of aromatic nitrogens is 3. The van der Waals surface area contributed by atoms with Crippen LogP contribution in [-0.4, -0.2) is 52.3 Å². The molecule has 1 fully saturated rings. The SMILES string of the molecule is CC(C)(C)c1ccc(NC(=O)N2CCN(c3ccc(Nc4ccncc4)nn3)CC2)cc1. The third kappa shape index (κ3) is 5.32. The summed E-state index contributed by atoms with van der Waals surface area (Å²) in [6.45, 7) is 9.21. The molecule has 0 radical (unpaired) electrons. The highest BCUT2D eigenvalue weighted by atomic mass is 16.2. The number of pyridine rings is 1. The summed E-state index contributed by atoms with van der Waals surface area (Å²) in [6.07, 6.45) is 3.45. The summed E-state index contributed by atoms with van der Waals surface area (Å²) in [5, 5.41) is 14.8. The molecule has 8 nitrogen and oxygen atoms in total. The fourth-order valence-corrected chi connectivity index (χ4v) is 3.54. The van der Waals surface area contributed by atoms with Gasteiger partial charge in [-0.25, -0.2) is 4.79 Å². The molecule has 3 aromatic rings. The van der Waals surface area contributed by atoms with Crippen LogP contribution in [0.3, 0.4) is 0 Å². The number of benzene rings is 1. The number of amides is 2. The van der Waals surface area contributed by atoms with Crippen LogP contribution in [0.4, 0.5) is 27.8 Å². The van der Waals surface area contributed by atoms with Gasteiger partial charge in [-0.1, -0.05) is 32.9 Å². The number of hydrogen-bond donors (Lipinski definition) is 2. The fourth-order valence-electron chi connectivity index (χ4n) is 3.54. The quantitative estimate of drug-likeness (QED) is 0.642. The lowest BCUT2D eigenvalue weighted by Crippen LogP contribution is -2.50. The molecule has 1 aliphatic heterocycles. The summed E-state index contributed by atoms with van der Waals surface area (Å²) in [4.78, 5) is 20.6. The Labute approximate surface area is 188 Å². The normalized spacial score (nSPS) is 14.2. The zero-order valence-electron chi connectivity index (χ0n) is 18.7. The lowest BCUT2D eigenvalue weighted by atomic mass is 9.87. The van der Waals surface area contributed by atoms with Crippen molar-refractivity contribution in [2.24, 2.45) is 0 Å². The molecular formula is C24H29N7O. The van der Waals surface area contributed by atoms with E-state index in [-0.39, 0.29) is 11.4 Å². The van der Waals surface area contributed by atoms with Crippen molar-refractivity contribution >= 4 is 29.0 Å². The molecule has 2 aromatic heterocycles. The molecule has 166 valence electrons. The Balaban J connectivity index is 1.28. The third-order valence-electron chi connectivity index (χ3n) is 5.50. The minimum Gasteiger partial charge on any atom is -0.352 e. The minimum absolute atomic E-state index is 0.0730. The number of rotatable bonds is 4. The van der Waals surface area contributed by atoms with E-state index in [0.29, 0.717) is 32.0 Å². The van der Waals surface area contributed by atoms with Gasteiger partial charge in [-0.2, -0.15) is 0 Å². The van der Waals surface area contributed by atoms with Gasteiger partial charge in [0, 0.05) is 49.9 Å². The zero-order chi connectivity index (χ0) is 22.6. The van der Waals surface area contributed by atoms with E-state index in [2.05, 4.69) is 63.6 Å². The third-order valence-corrected chi connectivity index (χ3v) is 5.50. The van der Waals surface area contributed by atoms with Crippen molar-refractivity contribution in [2.45, 2.75) is 26.2 Å². The molecule has 1 aromatic carbocycles. The van der Waals surface area contributed by atoms with Gasteiger partial charge in [0.1, 0.15) is 0 Å². The Morgan fingerprint density at radius 3 is 2.12 bits per heavy atom. The summed E-state index contributed by atoms with van der Waals surface area (Å²) in [5.74, 6) is 1.48. The largest absolute Gasteiger partial charge is 0.352 e. The highest BCUT2D eigenvalue weighted by molar-refractivity contribution is 5.89. The van der Waals surface area contributed by atoms with Gasteiger partial charge >= 0.3 is 6.03 Å². The number of piperazine rings is 1.